The van der Waals surface area contributed by atoms with Gasteiger partial charge in [-0.25, -0.2) is 4.79 Å². The molecule has 4 rings (SSSR count). The lowest BCUT2D eigenvalue weighted by molar-refractivity contribution is -0.385. The van der Waals surface area contributed by atoms with Crippen molar-refractivity contribution in [1.29, 1.82) is 0 Å². The SMILES string of the molecule is C[C@]1(c2ccccc2Cl)NC(=O)N(Cc2cc([N+](=O)[O-])cc3c2OCOC3)C1=O. The maximum atomic E-state index is 13.2. The Hall–Kier alpha value is -3.17. The van der Waals surface area contributed by atoms with Crippen molar-refractivity contribution >= 4 is 29.2 Å². The van der Waals surface area contributed by atoms with Gasteiger partial charge < -0.3 is 14.8 Å². The van der Waals surface area contributed by atoms with Gasteiger partial charge in [0, 0.05) is 33.8 Å². The van der Waals surface area contributed by atoms with Crippen LogP contribution in [0, 0.1) is 10.1 Å². The predicted molar refractivity (Wildman–Crippen MR) is 101 cm³/mol. The van der Waals surface area contributed by atoms with Gasteiger partial charge in [0.25, 0.3) is 11.6 Å². The summed E-state index contributed by atoms with van der Waals surface area (Å²) in [7, 11) is 0. The zero-order valence-electron chi connectivity index (χ0n) is 15.3. The van der Waals surface area contributed by atoms with Gasteiger partial charge >= 0.3 is 6.03 Å². The number of nitrogens with one attached hydrogen (secondary N) is 1. The molecule has 2 aliphatic rings. The average molecular weight is 418 g/mol. The number of carbonyl (C=O) groups is 2. The topological polar surface area (TPSA) is 111 Å². The van der Waals surface area contributed by atoms with E-state index in [1.807, 2.05) is 0 Å². The molecule has 2 aromatic rings. The van der Waals surface area contributed by atoms with Crippen LogP contribution in [0.3, 0.4) is 0 Å². The van der Waals surface area contributed by atoms with Crippen molar-refractivity contribution in [3.8, 4) is 5.75 Å². The van der Waals surface area contributed by atoms with Crippen LogP contribution in [0.4, 0.5) is 10.5 Å². The van der Waals surface area contributed by atoms with Crippen LogP contribution >= 0.6 is 11.6 Å². The van der Waals surface area contributed by atoms with E-state index in [4.69, 9.17) is 21.1 Å². The minimum atomic E-state index is -1.35. The number of nitro benzene ring substituents is 1. The summed E-state index contributed by atoms with van der Waals surface area (Å²) in [5.74, 6) is -0.128. The maximum Gasteiger partial charge on any atom is 0.325 e. The number of halogens is 1. The molecule has 29 heavy (non-hydrogen) atoms. The third kappa shape index (κ3) is 3.18. The predicted octanol–water partition coefficient (Wildman–Crippen LogP) is 3.08. The number of imide groups is 1. The molecule has 0 radical (unpaired) electrons. The minimum absolute atomic E-state index is 0.0186. The summed E-state index contributed by atoms with van der Waals surface area (Å²) in [6.07, 6.45) is 0. The van der Waals surface area contributed by atoms with Crippen LogP contribution in [-0.4, -0.2) is 28.6 Å². The first kappa shape index (κ1) is 19.2. The molecule has 1 fully saturated rings. The smallest absolute Gasteiger partial charge is 0.325 e. The number of benzene rings is 2. The number of nitrogens with zero attached hydrogens (tertiary/aromatic N) is 2. The Morgan fingerprint density at radius 2 is 2.07 bits per heavy atom. The zero-order valence-corrected chi connectivity index (χ0v) is 16.1. The second-order valence-electron chi connectivity index (χ2n) is 6.89. The Kier molecular flexibility index (Phi) is 4.64. The van der Waals surface area contributed by atoms with Gasteiger partial charge in [0.2, 0.25) is 0 Å². The summed E-state index contributed by atoms with van der Waals surface area (Å²) in [6.45, 7) is 1.51. The van der Waals surface area contributed by atoms with Gasteiger partial charge in [-0.2, -0.15) is 0 Å². The van der Waals surface area contributed by atoms with Crippen LogP contribution in [0.15, 0.2) is 36.4 Å². The molecule has 0 saturated carbocycles. The largest absolute Gasteiger partial charge is 0.467 e. The van der Waals surface area contributed by atoms with E-state index in [0.717, 1.165) is 4.90 Å². The zero-order chi connectivity index (χ0) is 20.8. The van der Waals surface area contributed by atoms with E-state index in [2.05, 4.69) is 5.32 Å². The molecule has 2 aromatic carbocycles. The van der Waals surface area contributed by atoms with E-state index in [1.165, 1.54) is 12.1 Å². The minimum Gasteiger partial charge on any atom is -0.467 e. The van der Waals surface area contributed by atoms with Gasteiger partial charge in [-0.3, -0.25) is 19.8 Å². The molecule has 1 atom stereocenters. The number of hydrogen-bond acceptors (Lipinski definition) is 6. The van der Waals surface area contributed by atoms with Crippen molar-refractivity contribution in [3.63, 3.8) is 0 Å². The number of nitro groups is 1. The van der Waals surface area contributed by atoms with Crippen molar-refractivity contribution in [2.24, 2.45) is 0 Å². The number of urea groups is 1. The Bertz CT molecular complexity index is 1040. The molecule has 9 nitrogen and oxygen atoms in total. The van der Waals surface area contributed by atoms with Crippen molar-refractivity contribution in [2.45, 2.75) is 25.6 Å². The monoisotopic (exact) mass is 417 g/mol. The normalized spacial score (nSPS) is 20.8. The fourth-order valence-electron chi connectivity index (χ4n) is 3.56. The molecule has 0 spiro atoms. The summed E-state index contributed by atoms with van der Waals surface area (Å²) < 4.78 is 10.7. The van der Waals surface area contributed by atoms with E-state index in [-0.39, 0.29) is 25.6 Å². The number of ether oxygens (including phenoxy) is 2. The molecule has 150 valence electrons. The summed E-state index contributed by atoms with van der Waals surface area (Å²) in [5, 5.41) is 14.3. The summed E-state index contributed by atoms with van der Waals surface area (Å²) >= 11 is 6.23. The fraction of sp³-hybridized carbons (Fsp3) is 0.263. The maximum absolute atomic E-state index is 13.2. The Morgan fingerprint density at radius 1 is 1.31 bits per heavy atom. The summed E-state index contributed by atoms with van der Waals surface area (Å²) in [4.78, 5) is 37.5. The van der Waals surface area contributed by atoms with Crippen LogP contribution < -0.4 is 10.1 Å². The van der Waals surface area contributed by atoms with Crippen molar-refractivity contribution < 1.29 is 24.0 Å². The third-order valence-corrected chi connectivity index (χ3v) is 5.33. The van der Waals surface area contributed by atoms with Gasteiger partial charge in [-0.1, -0.05) is 29.8 Å². The molecule has 2 aliphatic heterocycles. The van der Waals surface area contributed by atoms with E-state index < -0.39 is 22.4 Å². The molecule has 0 bridgehead atoms. The van der Waals surface area contributed by atoms with Crippen molar-refractivity contribution in [2.75, 3.05) is 6.79 Å². The van der Waals surface area contributed by atoms with Gasteiger partial charge in [0.1, 0.15) is 11.3 Å². The first-order valence-electron chi connectivity index (χ1n) is 8.71. The molecule has 0 unspecified atom stereocenters. The van der Waals surface area contributed by atoms with Crippen LogP contribution in [0.25, 0.3) is 0 Å². The van der Waals surface area contributed by atoms with Crippen molar-refractivity contribution in [1.82, 2.24) is 10.2 Å². The lowest BCUT2D eigenvalue weighted by atomic mass is 9.92. The number of non-ortho nitro benzene ring substituents is 1. The molecule has 3 amide bonds. The van der Waals surface area contributed by atoms with Crippen molar-refractivity contribution in [3.05, 3.63) is 68.2 Å². The number of rotatable bonds is 4. The Labute approximate surface area is 170 Å². The first-order valence-corrected chi connectivity index (χ1v) is 9.09. The van der Waals surface area contributed by atoms with Gasteiger partial charge in [-0.15, -0.1) is 0 Å². The third-order valence-electron chi connectivity index (χ3n) is 5.00. The second-order valence-corrected chi connectivity index (χ2v) is 7.29. The van der Waals surface area contributed by atoms with Crippen LogP contribution in [0.1, 0.15) is 23.6 Å². The highest BCUT2D eigenvalue weighted by molar-refractivity contribution is 6.32. The molecule has 0 aromatic heterocycles. The molecule has 10 heteroatoms. The average Bonchev–Trinajstić information content (AvgIpc) is 2.91. The highest BCUT2D eigenvalue weighted by atomic mass is 35.5. The Morgan fingerprint density at radius 3 is 2.79 bits per heavy atom. The van der Waals surface area contributed by atoms with Crippen LogP contribution in [0.2, 0.25) is 5.02 Å². The molecule has 1 N–H and O–H groups in total. The molecular formula is C19H16ClN3O6. The summed E-state index contributed by atoms with van der Waals surface area (Å²) in [5.41, 5.74) is -0.215. The first-order chi connectivity index (χ1) is 13.8. The molecule has 1 saturated heterocycles. The van der Waals surface area contributed by atoms with Gasteiger partial charge in [0.05, 0.1) is 18.1 Å². The number of hydrogen-bond donors (Lipinski definition) is 1. The van der Waals surface area contributed by atoms with E-state index >= 15 is 0 Å². The molecule has 2 heterocycles. The molecular weight excluding hydrogens is 402 g/mol. The molecule has 0 aliphatic carbocycles. The standard InChI is InChI=1S/C19H16ClN3O6/c1-19(14-4-2-3-5-15(14)20)17(24)22(18(25)21-19)8-11-6-13(23(26)27)7-12-9-28-10-29-16(11)12/h2-7H,8-10H2,1H3,(H,21,25)/t19-/m1/s1. The van der Waals surface area contributed by atoms with Crippen LogP contribution in [0.5, 0.6) is 5.75 Å². The highest BCUT2D eigenvalue weighted by Crippen LogP contribution is 2.37. The number of carbonyl (C=O) groups excluding carboxylic acids is 2. The van der Waals surface area contributed by atoms with Gasteiger partial charge in [-0.05, 0) is 13.0 Å². The quantitative estimate of drug-likeness (QED) is 0.465. The summed E-state index contributed by atoms with van der Waals surface area (Å²) in [6, 6.07) is 8.79. The van der Waals surface area contributed by atoms with E-state index in [1.54, 1.807) is 31.2 Å². The van der Waals surface area contributed by atoms with E-state index in [9.17, 15) is 19.7 Å². The number of amides is 3. The number of fused-ring (bicyclic) bond motifs is 1. The lowest BCUT2D eigenvalue weighted by Gasteiger charge is -2.24. The van der Waals surface area contributed by atoms with Gasteiger partial charge in [0.15, 0.2) is 6.79 Å². The second kappa shape index (κ2) is 7.02. The fourth-order valence-corrected chi connectivity index (χ4v) is 3.89. The Balaban J connectivity index is 1.71. The van der Waals surface area contributed by atoms with Crippen LogP contribution in [-0.2, 0) is 28.2 Å². The lowest BCUT2D eigenvalue weighted by Crippen LogP contribution is -2.41. The van der Waals surface area contributed by atoms with E-state index in [0.29, 0.717) is 27.5 Å². The highest BCUT2D eigenvalue weighted by Gasteiger charge is 2.50.